The Hall–Kier alpha value is -1.68. The minimum atomic E-state index is -0.106. The van der Waals surface area contributed by atoms with Gasteiger partial charge in [0.2, 0.25) is 0 Å². The second-order valence-corrected chi connectivity index (χ2v) is 4.91. The first-order valence-corrected chi connectivity index (χ1v) is 6.40. The molecular weight excluding hydrogens is 292 g/mol. The number of aromatic nitrogens is 1. The number of pyridine rings is 1. The molecule has 1 heterocycles. The van der Waals surface area contributed by atoms with Crippen molar-refractivity contribution in [3.05, 3.63) is 63.9 Å². The maximum Gasteiger partial charge on any atom is 0.253 e. The van der Waals surface area contributed by atoms with Gasteiger partial charge in [0.1, 0.15) is 0 Å². The molecule has 0 atom stereocenters. The number of carbonyl (C=O) groups excluding carboxylic acids is 1. The van der Waals surface area contributed by atoms with E-state index in [-0.39, 0.29) is 5.91 Å². The summed E-state index contributed by atoms with van der Waals surface area (Å²) in [5.41, 5.74) is 2.55. The molecule has 0 radical (unpaired) electrons. The van der Waals surface area contributed by atoms with E-state index in [1.54, 1.807) is 12.3 Å². The van der Waals surface area contributed by atoms with Gasteiger partial charge in [0, 0.05) is 22.9 Å². The zero-order valence-corrected chi connectivity index (χ0v) is 11.6. The monoisotopic (exact) mass is 304 g/mol. The molecule has 4 heteroatoms. The molecule has 0 saturated carbocycles. The van der Waals surface area contributed by atoms with Gasteiger partial charge in [0.15, 0.2) is 0 Å². The van der Waals surface area contributed by atoms with Crippen molar-refractivity contribution in [2.45, 2.75) is 13.5 Å². The van der Waals surface area contributed by atoms with Crippen LogP contribution in [0, 0.1) is 6.92 Å². The predicted octanol–water partition coefficient (Wildman–Crippen LogP) is 3.08. The second kappa shape index (κ2) is 5.78. The molecule has 0 spiro atoms. The van der Waals surface area contributed by atoms with Gasteiger partial charge in [-0.05, 0) is 36.8 Å². The van der Waals surface area contributed by atoms with Gasteiger partial charge in [-0.3, -0.25) is 9.78 Å². The molecule has 1 aromatic heterocycles. The number of rotatable bonds is 3. The third-order valence-electron chi connectivity index (χ3n) is 2.54. The normalized spacial score (nSPS) is 10.1. The molecule has 92 valence electrons. The first-order valence-electron chi connectivity index (χ1n) is 5.60. The highest BCUT2D eigenvalue weighted by atomic mass is 79.9. The lowest BCUT2D eigenvalue weighted by atomic mass is 10.2. The van der Waals surface area contributed by atoms with Crippen LogP contribution in [0.5, 0.6) is 0 Å². The highest BCUT2D eigenvalue weighted by Gasteiger charge is 2.04. The van der Waals surface area contributed by atoms with Crippen molar-refractivity contribution in [3.8, 4) is 0 Å². The van der Waals surface area contributed by atoms with Crippen LogP contribution in [-0.4, -0.2) is 10.9 Å². The molecule has 0 fully saturated rings. The summed E-state index contributed by atoms with van der Waals surface area (Å²) >= 11 is 3.37. The number of hydrogen-bond acceptors (Lipinski definition) is 2. The number of amides is 1. The Kier molecular flexibility index (Phi) is 4.10. The SMILES string of the molecule is Cc1ccc(C(=O)NCc2ccc(Br)cc2)cn1. The van der Waals surface area contributed by atoms with Gasteiger partial charge in [-0.2, -0.15) is 0 Å². The van der Waals surface area contributed by atoms with Crippen LogP contribution in [0.3, 0.4) is 0 Å². The van der Waals surface area contributed by atoms with Gasteiger partial charge in [0.05, 0.1) is 5.56 Å². The van der Waals surface area contributed by atoms with Gasteiger partial charge in [-0.25, -0.2) is 0 Å². The lowest BCUT2D eigenvalue weighted by molar-refractivity contribution is 0.0950. The van der Waals surface area contributed by atoms with Crippen molar-refractivity contribution < 1.29 is 4.79 Å². The Balaban J connectivity index is 1.96. The van der Waals surface area contributed by atoms with Crippen molar-refractivity contribution in [2.24, 2.45) is 0 Å². The topological polar surface area (TPSA) is 42.0 Å². The van der Waals surface area contributed by atoms with Crippen LogP contribution in [0.2, 0.25) is 0 Å². The quantitative estimate of drug-likeness (QED) is 0.947. The molecule has 2 aromatic rings. The van der Waals surface area contributed by atoms with E-state index >= 15 is 0 Å². The van der Waals surface area contributed by atoms with E-state index in [0.29, 0.717) is 12.1 Å². The molecule has 1 N–H and O–H groups in total. The van der Waals surface area contributed by atoms with Gasteiger partial charge in [0.25, 0.3) is 5.91 Å². The first-order chi connectivity index (χ1) is 8.65. The summed E-state index contributed by atoms with van der Waals surface area (Å²) in [6, 6.07) is 11.5. The fraction of sp³-hybridized carbons (Fsp3) is 0.143. The zero-order valence-electron chi connectivity index (χ0n) is 9.98. The fourth-order valence-corrected chi connectivity index (χ4v) is 1.75. The number of benzene rings is 1. The number of hydrogen-bond donors (Lipinski definition) is 1. The van der Waals surface area contributed by atoms with Crippen molar-refractivity contribution in [1.82, 2.24) is 10.3 Å². The summed E-state index contributed by atoms with van der Waals surface area (Å²) in [6.07, 6.45) is 1.59. The molecule has 0 saturated heterocycles. The smallest absolute Gasteiger partial charge is 0.253 e. The summed E-state index contributed by atoms with van der Waals surface area (Å²) in [6.45, 7) is 2.41. The molecule has 2 rings (SSSR count). The summed E-state index contributed by atoms with van der Waals surface area (Å²) < 4.78 is 1.03. The summed E-state index contributed by atoms with van der Waals surface area (Å²) in [5, 5.41) is 2.86. The van der Waals surface area contributed by atoms with Crippen molar-refractivity contribution in [2.75, 3.05) is 0 Å². The van der Waals surface area contributed by atoms with E-state index in [2.05, 4.69) is 26.2 Å². The van der Waals surface area contributed by atoms with Gasteiger partial charge >= 0.3 is 0 Å². The molecule has 0 aliphatic rings. The number of halogens is 1. The zero-order chi connectivity index (χ0) is 13.0. The highest BCUT2D eigenvalue weighted by molar-refractivity contribution is 9.10. The Morgan fingerprint density at radius 3 is 2.56 bits per heavy atom. The average Bonchev–Trinajstić information content (AvgIpc) is 2.38. The minimum absolute atomic E-state index is 0.106. The summed E-state index contributed by atoms with van der Waals surface area (Å²) in [5.74, 6) is -0.106. The number of aryl methyl sites for hydroxylation is 1. The largest absolute Gasteiger partial charge is 0.348 e. The van der Waals surface area contributed by atoms with Crippen LogP contribution in [0.4, 0.5) is 0 Å². The molecule has 0 bridgehead atoms. The molecule has 0 aliphatic carbocycles. The van der Waals surface area contributed by atoms with Gasteiger partial charge < -0.3 is 5.32 Å². The van der Waals surface area contributed by atoms with Crippen LogP contribution in [0.1, 0.15) is 21.6 Å². The highest BCUT2D eigenvalue weighted by Crippen LogP contribution is 2.10. The first kappa shape index (κ1) is 12.8. The summed E-state index contributed by atoms with van der Waals surface area (Å²) in [7, 11) is 0. The molecule has 0 unspecified atom stereocenters. The van der Waals surface area contributed by atoms with Crippen molar-refractivity contribution in [3.63, 3.8) is 0 Å². The standard InChI is InChI=1S/C14H13BrN2O/c1-10-2-5-12(9-16-10)14(18)17-8-11-3-6-13(15)7-4-11/h2-7,9H,8H2,1H3,(H,17,18). The molecule has 0 aliphatic heterocycles. The van der Waals surface area contributed by atoms with E-state index in [4.69, 9.17) is 0 Å². The van der Waals surface area contributed by atoms with E-state index in [9.17, 15) is 4.79 Å². The van der Waals surface area contributed by atoms with E-state index in [1.807, 2.05) is 37.3 Å². The predicted molar refractivity (Wildman–Crippen MR) is 74.3 cm³/mol. The fourth-order valence-electron chi connectivity index (χ4n) is 1.49. The maximum atomic E-state index is 11.8. The molecule has 1 amide bonds. The lowest BCUT2D eigenvalue weighted by Gasteiger charge is -2.05. The van der Waals surface area contributed by atoms with Crippen LogP contribution in [-0.2, 0) is 6.54 Å². The Bertz CT molecular complexity index is 535. The van der Waals surface area contributed by atoms with Crippen LogP contribution in [0.15, 0.2) is 47.1 Å². The van der Waals surface area contributed by atoms with Crippen LogP contribution < -0.4 is 5.32 Å². The lowest BCUT2D eigenvalue weighted by Crippen LogP contribution is -2.22. The number of nitrogens with zero attached hydrogens (tertiary/aromatic N) is 1. The van der Waals surface area contributed by atoms with E-state index in [0.717, 1.165) is 15.7 Å². The second-order valence-electron chi connectivity index (χ2n) is 4.00. The van der Waals surface area contributed by atoms with Crippen LogP contribution >= 0.6 is 15.9 Å². The molecule has 18 heavy (non-hydrogen) atoms. The average molecular weight is 305 g/mol. The summed E-state index contributed by atoms with van der Waals surface area (Å²) in [4.78, 5) is 15.9. The minimum Gasteiger partial charge on any atom is -0.348 e. The van der Waals surface area contributed by atoms with E-state index < -0.39 is 0 Å². The third-order valence-corrected chi connectivity index (χ3v) is 3.07. The molecule has 1 aromatic carbocycles. The van der Waals surface area contributed by atoms with E-state index in [1.165, 1.54) is 0 Å². The van der Waals surface area contributed by atoms with Gasteiger partial charge in [-0.15, -0.1) is 0 Å². The van der Waals surface area contributed by atoms with Gasteiger partial charge in [-0.1, -0.05) is 28.1 Å². The maximum absolute atomic E-state index is 11.8. The Labute approximate surface area is 114 Å². The Morgan fingerprint density at radius 1 is 1.22 bits per heavy atom. The van der Waals surface area contributed by atoms with Crippen molar-refractivity contribution in [1.29, 1.82) is 0 Å². The molecular formula is C14H13BrN2O. The number of nitrogens with one attached hydrogen (secondary N) is 1. The number of carbonyl (C=O) groups is 1. The third kappa shape index (κ3) is 3.40. The Morgan fingerprint density at radius 2 is 1.94 bits per heavy atom. The van der Waals surface area contributed by atoms with Crippen LogP contribution in [0.25, 0.3) is 0 Å². The molecule has 3 nitrogen and oxygen atoms in total. The van der Waals surface area contributed by atoms with Crippen molar-refractivity contribution >= 4 is 21.8 Å².